The summed E-state index contributed by atoms with van der Waals surface area (Å²) in [6.45, 7) is 9.42. The third kappa shape index (κ3) is 6.61. The molecule has 0 amide bonds. The molecule has 7 nitrogen and oxygen atoms in total. The number of carbonyl (C=O) groups is 1. The second kappa shape index (κ2) is 10.7. The number of carbonyl (C=O) groups excluding carboxylic acids is 1. The highest BCUT2D eigenvalue weighted by Crippen LogP contribution is 2.35. The van der Waals surface area contributed by atoms with E-state index in [0.717, 1.165) is 39.5 Å². The van der Waals surface area contributed by atoms with Crippen molar-refractivity contribution in [2.75, 3.05) is 6.61 Å². The van der Waals surface area contributed by atoms with Crippen LogP contribution >= 0.6 is 0 Å². The van der Waals surface area contributed by atoms with Crippen molar-refractivity contribution >= 4 is 34.9 Å². The molecule has 2 heterocycles. The fraction of sp³-hybridized carbons (Fsp3) is 0.286. The highest BCUT2D eigenvalue weighted by Gasteiger charge is 2.18. The van der Waals surface area contributed by atoms with Gasteiger partial charge in [-0.15, -0.1) is 0 Å². The fourth-order valence-electron chi connectivity index (χ4n) is 4.27. The molecule has 9 heteroatoms. The number of benzene rings is 2. The number of ketones is 1. The van der Waals surface area contributed by atoms with E-state index in [-0.39, 0.29) is 17.4 Å². The molecule has 0 bridgehead atoms. The Bertz CT molecular complexity index is 1560. The number of hydrogen-bond acceptors (Lipinski definition) is 5. The van der Waals surface area contributed by atoms with Crippen molar-refractivity contribution in [1.29, 1.82) is 0 Å². The monoisotopic (exact) mass is 535 g/mol. The Morgan fingerprint density at radius 1 is 1.03 bits per heavy atom. The first-order valence-electron chi connectivity index (χ1n) is 12.2. The van der Waals surface area contributed by atoms with E-state index in [2.05, 4.69) is 24.6 Å². The molecular weight excluding hydrogens is 502 g/mol. The third-order valence-corrected chi connectivity index (χ3v) is 8.78. The molecule has 2 N–H and O–H groups in total. The molecule has 4 rings (SSSR count). The van der Waals surface area contributed by atoms with Gasteiger partial charge in [0.05, 0.1) is 10.6 Å². The molecule has 0 atom stereocenters. The van der Waals surface area contributed by atoms with Crippen molar-refractivity contribution in [1.82, 2.24) is 9.55 Å². The lowest BCUT2D eigenvalue weighted by Crippen LogP contribution is -2.22. The van der Waals surface area contributed by atoms with Crippen molar-refractivity contribution in [3.05, 3.63) is 72.4 Å². The third-order valence-electron chi connectivity index (χ3n) is 6.16. The highest BCUT2D eigenvalue weighted by atomic mass is 32.2. The van der Waals surface area contributed by atoms with Gasteiger partial charge >= 0.3 is 0 Å². The first-order chi connectivity index (χ1) is 17.4. The Labute approximate surface area is 219 Å². The zero-order chi connectivity index (χ0) is 26.8. The van der Waals surface area contributed by atoms with Crippen LogP contribution in [0.1, 0.15) is 12.5 Å². The molecule has 194 valence electrons. The molecule has 0 fully saturated rings. The summed E-state index contributed by atoms with van der Waals surface area (Å²) in [5, 5.41) is 6.32. The molecule has 37 heavy (non-hydrogen) atoms. The van der Waals surface area contributed by atoms with Crippen LogP contribution in [0.15, 0.2) is 71.8 Å². The molecule has 4 aromatic rings. The van der Waals surface area contributed by atoms with E-state index in [1.165, 1.54) is 6.07 Å². The summed E-state index contributed by atoms with van der Waals surface area (Å²) >= 11 is 0. The van der Waals surface area contributed by atoms with Gasteiger partial charge in [0.2, 0.25) is 10.0 Å². The predicted octanol–water partition coefficient (Wildman–Crippen LogP) is 5.46. The molecule has 0 saturated carbocycles. The molecular formula is C28H33N3O4SSi. The van der Waals surface area contributed by atoms with Gasteiger partial charge in [-0.1, -0.05) is 56.0 Å². The molecule has 0 spiro atoms. The average Bonchev–Trinajstić information content (AvgIpc) is 3.19. The Hall–Kier alpha value is -3.11. The summed E-state index contributed by atoms with van der Waals surface area (Å²) < 4.78 is 32.2. The number of rotatable bonds is 10. The van der Waals surface area contributed by atoms with Crippen LogP contribution in [0, 0.1) is 0 Å². The van der Waals surface area contributed by atoms with Crippen LogP contribution in [0.4, 0.5) is 0 Å². The van der Waals surface area contributed by atoms with Crippen molar-refractivity contribution in [2.45, 2.75) is 50.7 Å². The van der Waals surface area contributed by atoms with Gasteiger partial charge in [0.1, 0.15) is 18.2 Å². The van der Waals surface area contributed by atoms with Crippen molar-refractivity contribution < 1.29 is 17.9 Å². The quantitative estimate of drug-likeness (QED) is 0.214. The lowest BCUT2D eigenvalue weighted by molar-refractivity contribution is -0.116. The topological polar surface area (TPSA) is 104 Å². The Balaban J connectivity index is 1.84. The van der Waals surface area contributed by atoms with Gasteiger partial charge in [0, 0.05) is 32.7 Å². The van der Waals surface area contributed by atoms with E-state index in [9.17, 15) is 13.2 Å². The standard InChI is InChI=1S/C28H33N3O4SSi/c1-20(32)15-21-7-5-8-22(16-21)25-11-12-30-28-26(25)18-27(31(28)19-35-13-14-37(2,3)4)23-9-6-10-24(17-23)36(29,33)34/h5-12,16-18H,13-15,19H2,1-4H3,(H2,29,33,34). The Morgan fingerprint density at radius 2 is 1.76 bits per heavy atom. The Morgan fingerprint density at radius 3 is 2.46 bits per heavy atom. The van der Waals surface area contributed by atoms with Gasteiger partial charge in [-0.3, -0.25) is 4.79 Å². The first kappa shape index (κ1) is 26.9. The normalized spacial score (nSPS) is 12.2. The molecule has 2 aromatic carbocycles. The van der Waals surface area contributed by atoms with Gasteiger partial charge in [0.15, 0.2) is 0 Å². The van der Waals surface area contributed by atoms with Crippen molar-refractivity contribution in [3.8, 4) is 22.4 Å². The number of pyridine rings is 1. The number of nitrogens with two attached hydrogens (primary N) is 1. The maximum atomic E-state index is 12.0. The van der Waals surface area contributed by atoms with Gasteiger partial charge in [0.25, 0.3) is 0 Å². The Kier molecular flexibility index (Phi) is 7.79. The number of Topliss-reactive ketones (excluding diaryl/α,β-unsaturated/α-hetero) is 1. The number of hydrogen-bond donors (Lipinski definition) is 1. The maximum Gasteiger partial charge on any atom is 0.238 e. The molecule has 2 aromatic heterocycles. The smallest absolute Gasteiger partial charge is 0.238 e. The minimum atomic E-state index is -3.86. The van der Waals surface area contributed by atoms with Crippen LogP contribution in [0.5, 0.6) is 0 Å². The van der Waals surface area contributed by atoms with E-state index in [1.54, 1.807) is 25.3 Å². The molecule has 0 unspecified atom stereocenters. The number of fused-ring (bicyclic) bond motifs is 1. The van der Waals surface area contributed by atoms with E-state index in [1.807, 2.05) is 47.0 Å². The largest absolute Gasteiger partial charge is 0.361 e. The van der Waals surface area contributed by atoms with Crippen molar-refractivity contribution in [2.24, 2.45) is 5.14 Å². The number of sulfonamides is 1. The zero-order valence-corrected chi connectivity index (χ0v) is 23.5. The fourth-order valence-corrected chi connectivity index (χ4v) is 5.59. The maximum absolute atomic E-state index is 12.0. The summed E-state index contributed by atoms with van der Waals surface area (Å²) in [5.74, 6) is 0.107. The van der Waals surface area contributed by atoms with E-state index in [4.69, 9.17) is 9.88 Å². The minimum absolute atomic E-state index is 0.0478. The molecule has 0 aliphatic rings. The van der Waals surface area contributed by atoms with Gasteiger partial charge in [-0.25, -0.2) is 18.5 Å². The second-order valence-corrected chi connectivity index (χ2v) is 17.7. The summed E-state index contributed by atoms with van der Waals surface area (Å²) in [6, 6.07) is 19.5. The van der Waals surface area contributed by atoms with Crippen LogP contribution in [0.25, 0.3) is 33.4 Å². The lowest BCUT2D eigenvalue weighted by Gasteiger charge is -2.17. The summed E-state index contributed by atoms with van der Waals surface area (Å²) in [6.07, 6.45) is 2.14. The van der Waals surface area contributed by atoms with Crippen LogP contribution in [0.2, 0.25) is 25.7 Å². The van der Waals surface area contributed by atoms with Crippen LogP contribution < -0.4 is 5.14 Å². The number of nitrogens with zero attached hydrogens (tertiary/aromatic N) is 2. The van der Waals surface area contributed by atoms with E-state index < -0.39 is 18.1 Å². The predicted molar refractivity (Wildman–Crippen MR) is 150 cm³/mol. The van der Waals surface area contributed by atoms with Crippen molar-refractivity contribution in [3.63, 3.8) is 0 Å². The van der Waals surface area contributed by atoms with Gasteiger partial charge in [-0.05, 0) is 59.5 Å². The molecule has 0 aliphatic heterocycles. The highest BCUT2D eigenvalue weighted by molar-refractivity contribution is 7.89. The van der Waals surface area contributed by atoms with Gasteiger partial charge < -0.3 is 9.30 Å². The summed E-state index contributed by atoms with van der Waals surface area (Å²) in [5.41, 5.74) is 5.12. The number of primary sulfonamides is 1. The van der Waals surface area contributed by atoms with Crippen LogP contribution in [-0.2, 0) is 32.7 Å². The van der Waals surface area contributed by atoms with Crippen LogP contribution in [0.3, 0.4) is 0 Å². The summed E-state index contributed by atoms with van der Waals surface area (Å²) in [7, 11) is -5.12. The average molecular weight is 536 g/mol. The number of ether oxygens (including phenoxy) is 1. The minimum Gasteiger partial charge on any atom is -0.361 e. The molecule has 0 radical (unpaired) electrons. The van der Waals surface area contributed by atoms with E-state index in [0.29, 0.717) is 18.6 Å². The first-order valence-corrected chi connectivity index (χ1v) is 17.5. The number of aromatic nitrogens is 2. The second-order valence-electron chi connectivity index (χ2n) is 10.6. The SMILES string of the molecule is CC(=O)Cc1cccc(-c2ccnc3c2cc(-c2cccc(S(N)(=O)=O)c2)n3COCC[Si](C)(C)C)c1. The summed E-state index contributed by atoms with van der Waals surface area (Å²) in [4.78, 5) is 16.4. The van der Waals surface area contributed by atoms with E-state index >= 15 is 0 Å². The lowest BCUT2D eigenvalue weighted by atomic mass is 9.99. The zero-order valence-electron chi connectivity index (χ0n) is 21.7. The van der Waals surface area contributed by atoms with Gasteiger partial charge in [-0.2, -0.15) is 0 Å². The van der Waals surface area contributed by atoms with Crippen LogP contribution in [-0.4, -0.2) is 38.4 Å². The molecule has 0 saturated heterocycles. The molecule has 0 aliphatic carbocycles.